The highest BCUT2D eigenvalue weighted by atomic mass is 32.2. The molecule has 172 valence electrons. The van der Waals surface area contributed by atoms with E-state index in [1.54, 1.807) is 29.6 Å². The molecule has 2 rings (SSSR count). The van der Waals surface area contributed by atoms with Crippen LogP contribution in [0.2, 0.25) is 0 Å². The van der Waals surface area contributed by atoms with Gasteiger partial charge in [-0.3, -0.25) is 9.59 Å². The lowest BCUT2D eigenvalue weighted by Crippen LogP contribution is -2.51. The zero-order valence-electron chi connectivity index (χ0n) is 19.6. The summed E-state index contributed by atoms with van der Waals surface area (Å²) in [5, 5.41) is 3.04. The Morgan fingerprint density at radius 1 is 1.13 bits per heavy atom. The summed E-state index contributed by atoms with van der Waals surface area (Å²) in [6.07, 6.45) is 1.32. The van der Waals surface area contributed by atoms with Crippen molar-refractivity contribution in [2.75, 3.05) is 17.3 Å². The number of Topliss-reactive ketones (excluding diaryl/α,β-unsaturated/α-hetero) is 1. The molecule has 0 spiro atoms. The smallest absolute Gasteiger partial charge is 0.266 e. The van der Waals surface area contributed by atoms with Gasteiger partial charge in [0.05, 0.1) is 6.04 Å². The molecule has 5 nitrogen and oxygen atoms in total. The van der Waals surface area contributed by atoms with Crippen LogP contribution < -0.4 is 5.32 Å². The number of nitrogens with one attached hydrogen (secondary N) is 1. The number of carbonyl (C=O) groups excluding carboxylic acids is 2. The van der Waals surface area contributed by atoms with Crippen LogP contribution in [0.4, 0.5) is 0 Å². The van der Waals surface area contributed by atoms with Crippen LogP contribution in [-0.2, 0) is 4.79 Å². The van der Waals surface area contributed by atoms with E-state index in [4.69, 9.17) is 4.42 Å². The number of hydrogen-bond acceptors (Lipinski definition) is 6. The van der Waals surface area contributed by atoms with E-state index in [9.17, 15) is 9.59 Å². The Kier molecular flexibility index (Phi) is 9.94. The molecular weight excluding hydrogens is 428 g/mol. The van der Waals surface area contributed by atoms with E-state index < -0.39 is 10.8 Å². The average molecular weight is 465 g/mol. The second kappa shape index (κ2) is 12.0. The molecule has 1 heterocycles. The summed E-state index contributed by atoms with van der Waals surface area (Å²) in [6.45, 7) is 12.7. The molecule has 0 radical (unpaired) electrons. The number of amides is 1. The van der Waals surface area contributed by atoms with Crippen molar-refractivity contribution in [1.82, 2.24) is 10.3 Å². The van der Waals surface area contributed by atoms with Gasteiger partial charge in [0.1, 0.15) is 10.3 Å². The van der Waals surface area contributed by atoms with E-state index in [1.807, 2.05) is 32.0 Å². The van der Waals surface area contributed by atoms with Gasteiger partial charge in [0.15, 0.2) is 5.58 Å². The summed E-state index contributed by atoms with van der Waals surface area (Å²) < 4.78 is 5.07. The number of fused-ring (bicyclic) bond motifs is 1. The van der Waals surface area contributed by atoms with Crippen LogP contribution in [0.25, 0.3) is 11.1 Å². The van der Waals surface area contributed by atoms with Crippen LogP contribution in [0.15, 0.2) is 28.7 Å². The Morgan fingerprint density at radius 2 is 1.81 bits per heavy atom. The molecule has 0 aliphatic carbocycles. The van der Waals surface area contributed by atoms with Gasteiger partial charge in [-0.2, -0.15) is 11.8 Å². The van der Waals surface area contributed by atoms with Crippen molar-refractivity contribution >= 4 is 46.3 Å². The van der Waals surface area contributed by atoms with Crippen molar-refractivity contribution in [3.8, 4) is 0 Å². The minimum atomic E-state index is -0.639. The van der Waals surface area contributed by atoms with E-state index in [-0.39, 0.29) is 17.6 Å². The van der Waals surface area contributed by atoms with E-state index in [0.29, 0.717) is 35.1 Å². The molecule has 1 amide bonds. The van der Waals surface area contributed by atoms with E-state index in [1.165, 1.54) is 0 Å². The van der Waals surface area contributed by atoms with Gasteiger partial charge in [-0.05, 0) is 48.8 Å². The highest BCUT2D eigenvalue weighted by Crippen LogP contribution is 2.32. The molecule has 0 saturated carbocycles. The molecule has 1 aromatic carbocycles. The zero-order chi connectivity index (χ0) is 23.0. The highest BCUT2D eigenvalue weighted by molar-refractivity contribution is 8.04. The lowest BCUT2D eigenvalue weighted by molar-refractivity contribution is -0.123. The van der Waals surface area contributed by atoms with Crippen LogP contribution in [-0.4, -0.2) is 44.7 Å². The SMILES string of the molecule is CCC[C@H](NC(=O)C(C)(CSCC(C)C)SCC(C)C)C(=O)c1nc2ccccc2o1. The minimum Gasteiger partial charge on any atom is -0.434 e. The Labute approximate surface area is 194 Å². The monoisotopic (exact) mass is 464 g/mol. The number of benzene rings is 1. The standard InChI is InChI=1S/C24H36N2O3S2/c1-7-10-19(21(27)22-25-18-11-8-9-12-20(18)29-22)26-23(28)24(6,31-14-17(4)5)15-30-13-16(2)3/h8-9,11-12,16-17,19H,7,10,13-15H2,1-6H3,(H,26,28)/t19-,24?/m0/s1. The summed E-state index contributed by atoms with van der Waals surface area (Å²) >= 11 is 3.48. The molecule has 1 aromatic heterocycles. The van der Waals surface area contributed by atoms with Crippen molar-refractivity contribution < 1.29 is 14.0 Å². The molecule has 0 bridgehead atoms. The van der Waals surface area contributed by atoms with E-state index in [0.717, 1.165) is 17.9 Å². The van der Waals surface area contributed by atoms with Gasteiger partial charge in [-0.1, -0.05) is 53.2 Å². The first-order valence-corrected chi connectivity index (χ1v) is 13.2. The normalized spacial score (nSPS) is 14.7. The number of nitrogens with zero attached hydrogens (tertiary/aromatic N) is 1. The maximum atomic E-state index is 13.4. The van der Waals surface area contributed by atoms with Crippen molar-refractivity contribution in [1.29, 1.82) is 0 Å². The molecule has 7 heteroatoms. The number of hydrogen-bond donors (Lipinski definition) is 1. The summed E-state index contributed by atoms with van der Waals surface area (Å²) in [7, 11) is 0. The molecule has 1 N–H and O–H groups in total. The number of oxazole rings is 1. The molecule has 0 aliphatic heterocycles. The van der Waals surface area contributed by atoms with Gasteiger partial charge >= 0.3 is 0 Å². The maximum absolute atomic E-state index is 13.4. The van der Waals surface area contributed by atoms with Crippen LogP contribution in [0, 0.1) is 11.8 Å². The third kappa shape index (κ3) is 7.56. The predicted molar refractivity (Wildman–Crippen MR) is 133 cm³/mol. The maximum Gasteiger partial charge on any atom is 0.266 e. The Balaban J connectivity index is 2.18. The number of aromatic nitrogens is 1. The topological polar surface area (TPSA) is 72.2 Å². The Bertz CT molecular complexity index is 832. The van der Waals surface area contributed by atoms with Crippen LogP contribution in [0.3, 0.4) is 0 Å². The summed E-state index contributed by atoms with van der Waals surface area (Å²) in [5.41, 5.74) is 1.23. The molecule has 2 aromatic rings. The quantitative estimate of drug-likeness (QED) is 0.376. The number of carbonyl (C=O) groups is 2. The molecule has 0 fully saturated rings. The van der Waals surface area contributed by atoms with Crippen molar-refractivity contribution in [3.63, 3.8) is 0 Å². The first-order chi connectivity index (χ1) is 14.7. The van der Waals surface area contributed by atoms with Crippen LogP contribution in [0.1, 0.15) is 65.1 Å². The first-order valence-electron chi connectivity index (χ1n) is 11.1. The average Bonchev–Trinajstić information content (AvgIpc) is 3.15. The highest BCUT2D eigenvalue weighted by Gasteiger charge is 2.37. The molecule has 2 atom stereocenters. The fourth-order valence-corrected chi connectivity index (χ4v) is 5.59. The van der Waals surface area contributed by atoms with Crippen molar-refractivity contribution in [2.45, 2.75) is 65.2 Å². The predicted octanol–water partition coefficient (Wildman–Crippen LogP) is 5.83. The number of rotatable bonds is 13. The Morgan fingerprint density at radius 3 is 2.42 bits per heavy atom. The number of thioether (sulfide) groups is 2. The fraction of sp³-hybridized carbons (Fsp3) is 0.625. The first kappa shape index (κ1) is 25.8. The fourth-order valence-electron chi connectivity index (χ4n) is 3.01. The summed E-state index contributed by atoms with van der Waals surface area (Å²) in [6, 6.07) is 6.67. The van der Waals surface area contributed by atoms with Gasteiger partial charge in [-0.15, -0.1) is 11.8 Å². The van der Waals surface area contributed by atoms with Gasteiger partial charge < -0.3 is 9.73 Å². The molecule has 0 aliphatic rings. The van der Waals surface area contributed by atoms with Gasteiger partial charge in [0, 0.05) is 5.75 Å². The van der Waals surface area contributed by atoms with Gasteiger partial charge in [0.25, 0.3) is 5.89 Å². The Hall–Kier alpha value is -1.47. The lowest BCUT2D eigenvalue weighted by atomic mass is 10.1. The minimum absolute atomic E-state index is 0.0608. The van der Waals surface area contributed by atoms with Gasteiger partial charge in [-0.25, -0.2) is 4.98 Å². The molecule has 0 saturated heterocycles. The van der Waals surface area contributed by atoms with Crippen LogP contribution >= 0.6 is 23.5 Å². The third-order valence-electron chi connectivity index (χ3n) is 4.75. The third-order valence-corrected chi connectivity index (χ3v) is 8.41. The molecular formula is C24H36N2O3S2. The van der Waals surface area contributed by atoms with E-state index in [2.05, 4.69) is 38.0 Å². The van der Waals surface area contributed by atoms with Crippen molar-refractivity contribution in [3.05, 3.63) is 30.2 Å². The largest absolute Gasteiger partial charge is 0.434 e. The summed E-state index contributed by atoms with van der Waals surface area (Å²) in [4.78, 5) is 30.9. The number of para-hydroxylation sites is 2. The second-order valence-electron chi connectivity index (χ2n) is 9.01. The lowest BCUT2D eigenvalue weighted by Gasteiger charge is -2.30. The van der Waals surface area contributed by atoms with Crippen molar-refractivity contribution in [2.24, 2.45) is 11.8 Å². The summed E-state index contributed by atoms with van der Waals surface area (Å²) in [5.74, 6) is 3.38. The van der Waals surface area contributed by atoms with Gasteiger partial charge in [0.2, 0.25) is 11.7 Å². The second-order valence-corrected chi connectivity index (χ2v) is 11.6. The molecule has 1 unspecified atom stereocenters. The zero-order valence-corrected chi connectivity index (χ0v) is 21.2. The van der Waals surface area contributed by atoms with E-state index >= 15 is 0 Å². The number of ketones is 1. The molecule has 31 heavy (non-hydrogen) atoms. The van der Waals surface area contributed by atoms with Crippen LogP contribution in [0.5, 0.6) is 0 Å².